The fourth-order valence-electron chi connectivity index (χ4n) is 4.37. The SMILES string of the molecule is COc1cccc(/C(O)=C2\C(=O)C(=O)N(CCCN3CCOCC3)C2c2cccc(O)c2)c1. The summed E-state index contributed by atoms with van der Waals surface area (Å²) in [6.45, 7) is 4.17. The number of benzene rings is 2. The lowest BCUT2D eigenvalue weighted by molar-refractivity contribution is -0.140. The Hall–Kier alpha value is -3.36. The van der Waals surface area contributed by atoms with Crippen LogP contribution in [0, 0.1) is 0 Å². The van der Waals surface area contributed by atoms with Gasteiger partial charge in [-0.1, -0.05) is 24.3 Å². The largest absolute Gasteiger partial charge is 0.508 e. The van der Waals surface area contributed by atoms with Gasteiger partial charge in [-0.2, -0.15) is 0 Å². The molecule has 8 heteroatoms. The topological polar surface area (TPSA) is 99.5 Å². The number of phenolic OH excluding ortho intramolecular Hbond substituents is 1. The van der Waals surface area contributed by atoms with Gasteiger partial charge in [-0.3, -0.25) is 14.5 Å². The monoisotopic (exact) mass is 452 g/mol. The van der Waals surface area contributed by atoms with Crippen LogP contribution in [0.15, 0.2) is 54.1 Å². The number of methoxy groups -OCH3 is 1. The number of aliphatic hydroxyl groups is 1. The first kappa shape index (κ1) is 22.8. The minimum absolute atomic E-state index is 0.00484. The van der Waals surface area contributed by atoms with Crippen LogP contribution in [0.3, 0.4) is 0 Å². The van der Waals surface area contributed by atoms with E-state index in [9.17, 15) is 19.8 Å². The Morgan fingerprint density at radius 2 is 1.85 bits per heavy atom. The van der Waals surface area contributed by atoms with E-state index < -0.39 is 17.7 Å². The lowest BCUT2D eigenvalue weighted by Crippen LogP contribution is -2.38. The van der Waals surface area contributed by atoms with Gasteiger partial charge in [0.25, 0.3) is 11.7 Å². The first-order valence-electron chi connectivity index (χ1n) is 11.0. The molecule has 1 amide bonds. The van der Waals surface area contributed by atoms with Gasteiger partial charge in [0.15, 0.2) is 0 Å². The van der Waals surface area contributed by atoms with Gasteiger partial charge < -0.3 is 24.6 Å². The molecule has 8 nitrogen and oxygen atoms in total. The Morgan fingerprint density at radius 1 is 1.09 bits per heavy atom. The number of nitrogens with zero attached hydrogens (tertiary/aromatic N) is 2. The van der Waals surface area contributed by atoms with Crippen LogP contribution in [0.25, 0.3) is 5.76 Å². The van der Waals surface area contributed by atoms with Gasteiger partial charge in [-0.25, -0.2) is 0 Å². The van der Waals surface area contributed by atoms with E-state index in [1.54, 1.807) is 36.4 Å². The number of carbonyl (C=O) groups excluding carboxylic acids is 2. The number of likely N-dealkylation sites (tertiary alicyclic amines) is 1. The van der Waals surface area contributed by atoms with E-state index in [0.29, 0.717) is 43.1 Å². The highest BCUT2D eigenvalue weighted by molar-refractivity contribution is 6.46. The van der Waals surface area contributed by atoms with Crippen LogP contribution in [-0.2, 0) is 14.3 Å². The van der Waals surface area contributed by atoms with Gasteiger partial charge >= 0.3 is 0 Å². The average molecular weight is 453 g/mol. The van der Waals surface area contributed by atoms with E-state index in [2.05, 4.69) is 4.90 Å². The summed E-state index contributed by atoms with van der Waals surface area (Å²) < 4.78 is 10.6. The van der Waals surface area contributed by atoms with E-state index in [4.69, 9.17) is 9.47 Å². The van der Waals surface area contributed by atoms with Crippen LogP contribution >= 0.6 is 0 Å². The highest BCUT2D eigenvalue weighted by Gasteiger charge is 2.46. The number of aliphatic hydroxyl groups excluding tert-OH is 1. The molecule has 0 aromatic heterocycles. The molecule has 2 saturated heterocycles. The van der Waals surface area contributed by atoms with Crippen molar-refractivity contribution < 1.29 is 29.3 Å². The van der Waals surface area contributed by atoms with Crippen LogP contribution in [0.4, 0.5) is 0 Å². The summed E-state index contributed by atoms with van der Waals surface area (Å²) in [5, 5.41) is 21.2. The van der Waals surface area contributed by atoms with Crippen LogP contribution in [0.5, 0.6) is 11.5 Å². The number of hydrogen-bond donors (Lipinski definition) is 2. The number of carbonyl (C=O) groups is 2. The molecular formula is C25H28N2O6. The van der Waals surface area contributed by atoms with E-state index >= 15 is 0 Å². The highest BCUT2D eigenvalue weighted by atomic mass is 16.5. The molecule has 1 unspecified atom stereocenters. The van der Waals surface area contributed by atoms with Crippen molar-refractivity contribution in [2.75, 3.05) is 46.5 Å². The van der Waals surface area contributed by atoms with Crippen molar-refractivity contribution in [1.82, 2.24) is 9.80 Å². The number of Topliss-reactive ketones (excluding diaryl/α,β-unsaturated/α-hetero) is 1. The van der Waals surface area contributed by atoms with Gasteiger partial charge in [-0.15, -0.1) is 0 Å². The summed E-state index contributed by atoms with van der Waals surface area (Å²) >= 11 is 0. The Labute approximate surface area is 192 Å². The Balaban J connectivity index is 1.68. The van der Waals surface area contributed by atoms with Crippen molar-refractivity contribution in [3.05, 3.63) is 65.2 Å². The van der Waals surface area contributed by atoms with Gasteiger partial charge in [0.1, 0.15) is 17.3 Å². The molecule has 2 fully saturated rings. The molecule has 2 aliphatic rings. The summed E-state index contributed by atoms with van der Waals surface area (Å²) in [6.07, 6.45) is 0.668. The smallest absolute Gasteiger partial charge is 0.295 e. The second kappa shape index (κ2) is 10.1. The molecule has 2 aromatic carbocycles. The van der Waals surface area contributed by atoms with Gasteiger partial charge in [0.2, 0.25) is 0 Å². The number of phenols is 1. The summed E-state index contributed by atoms with van der Waals surface area (Å²) in [7, 11) is 1.51. The standard InChI is InChI=1S/C25H28N2O6/c1-32-20-8-3-6-18(16-20)23(29)21-22(17-5-2-7-19(28)15-17)27(25(31)24(21)30)10-4-9-26-11-13-33-14-12-26/h2-3,5-8,15-16,22,28-29H,4,9-14H2,1H3/b23-21+. The number of ketones is 1. The number of aromatic hydroxyl groups is 1. The van der Waals surface area contributed by atoms with Crippen LogP contribution in [-0.4, -0.2) is 78.2 Å². The van der Waals surface area contributed by atoms with E-state index in [0.717, 1.165) is 19.6 Å². The maximum atomic E-state index is 13.1. The molecule has 0 radical (unpaired) electrons. The van der Waals surface area contributed by atoms with Crippen molar-refractivity contribution in [3.8, 4) is 11.5 Å². The average Bonchev–Trinajstić information content (AvgIpc) is 3.09. The van der Waals surface area contributed by atoms with Crippen molar-refractivity contribution in [2.24, 2.45) is 0 Å². The maximum absolute atomic E-state index is 13.1. The lowest BCUT2D eigenvalue weighted by atomic mass is 9.95. The molecule has 0 aliphatic carbocycles. The zero-order valence-electron chi connectivity index (χ0n) is 18.6. The predicted molar refractivity (Wildman–Crippen MR) is 122 cm³/mol. The molecule has 1 atom stereocenters. The second-order valence-electron chi connectivity index (χ2n) is 8.13. The minimum atomic E-state index is -0.798. The molecule has 2 aliphatic heterocycles. The number of hydrogen-bond acceptors (Lipinski definition) is 7. The Morgan fingerprint density at radius 3 is 2.58 bits per heavy atom. The van der Waals surface area contributed by atoms with Crippen LogP contribution in [0.1, 0.15) is 23.6 Å². The van der Waals surface area contributed by atoms with E-state index in [-0.39, 0.29) is 17.1 Å². The van der Waals surface area contributed by atoms with Crippen LogP contribution < -0.4 is 4.74 Å². The van der Waals surface area contributed by atoms with Crippen molar-refractivity contribution in [3.63, 3.8) is 0 Å². The maximum Gasteiger partial charge on any atom is 0.295 e. The first-order chi connectivity index (χ1) is 16.0. The third-order valence-electron chi connectivity index (χ3n) is 6.05. The number of ether oxygens (including phenoxy) is 2. The fourth-order valence-corrected chi connectivity index (χ4v) is 4.37. The van der Waals surface area contributed by atoms with Crippen molar-refractivity contribution in [1.29, 1.82) is 0 Å². The van der Waals surface area contributed by atoms with Crippen molar-refractivity contribution >= 4 is 17.4 Å². The molecule has 0 saturated carbocycles. The van der Waals surface area contributed by atoms with Gasteiger partial charge in [0, 0.05) is 31.7 Å². The van der Waals surface area contributed by atoms with Crippen molar-refractivity contribution in [2.45, 2.75) is 12.5 Å². The molecule has 33 heavy (non-hydrogen) atoms. The Kier molecular flexibility index (Phi) is 6.96. The quantitative estimate of drug-likeness (QED) is 0.378. The zero-order chi connectivity index (χ0) is 23.4. The minimum Gasteiger partial charge on any atom is -0.508 e. The summed E-state index contributed by atoms with van der Waals surface area (Å²) in [5.41, 5.74) is 0.945. The highest BCUT2D eigenvalue weighted by Crippen LogP contribution is 2.40. The molecular weight excluding hydrogens is 424 g/mol. The van der Waals surface area contributed by atoms with E-state index in [1.165, 1.54) is 24.1 Å². The molecule has 2 aromatic rings. The Bertz CT molecular complexity index is 1060. The van der Waals surface area contributed by atoms with Gasteiger partial charge in [0.05, 0.1) is 31.9 Å². The van der Waals surface area contributed by atoms with Crippen LogP contribution in [0.2, 0.25) is 0 Å². The normalized spacial score (nSPS) is 20.9. The zero-order valence-corrected chi connectivity index (χ0v) is 18.6. The molecule has 4 rings (SSSR count). The second-order valence-corrected chi connectivity index (χ2v) is 8.13. The molecule has 0 bridgehead atoms. The summed E-state index contributed by atoms with van der Waals surface area (Å²) in [6, 6.07) is 12.3. The lowest BCUT2D eigenvalue weighted by Gasteiger charge is -2.29. The molecule has 2 N–H and O–H groups in total. The number of morpholine rings is 1. The fraction of sp³-hybridized carbons (Fsp3) is 0.360. The predicted octanol–water partition coefficient (Wildman–Crippen LogP) is 2.54. The summed E-state index contributed by atoms with van der Waals surface area (Å²) in [5.74, 6) is -1.12. The molecule has 174 valence electrons. The van der Waals surface area contributed by atoms with Gasteiger partial charge in [-0.05, 0) is 36.2 Å². The first-order valence-corrected chi connectivity index (χ1v) is 11.0. The molecule has 0 spiro atoms. The van der Waals surface area contributed by atoms with E-state index in [1.807, 2.05) is 0 Å². The number of amides is 1. The third kappa shape index (κ3) is 4.86. The summed E-state index contributed by atoms with van der Waals surface area (Å²) in [4.78, 5) is 29.9. The molecule has 2 heterocycles. The third-order valence-corrected chi connectivity index (χ3v) is 6.05. The number of rotatable bonds is 7.